The van der Waals surface area contributed by atoms with E-state index in [-0.39, 0.29) is 22.5 Å². The summed E-state index contributed by atoms with van der Waals surface area (Å²) in [5, 5.41) is 0.218. The molecule has 1 aromatic carbocycles. The molecule has 2 rings (SSSR count). The first-order valence-electron chi connectivity index (χ1n) is 7.04. The van der Waals surface area contributed by atoms with Gasteiger partial charge in [0.2, 0.25) is 0 Å². The second-order valence-corrected chi connectivity index (χ2v) is 8.50. The lowest BCUT2D eigenvalue weighted by atomic mass is 9.90. The quantitative estimate of drug-likeness (QED) is 0.881. The Hall–Kier alpha value is -0.730. The van der Waals surface area contributed by atoms with Gasteiger partial charge in [-0.15, -0.1) is 0 Å². The average Bonchev–Trinajstić information content (AvgIpc) is 2.87. The topological polar surface area (TPSA) is 66.6 Å². The molecule has 1 aromatic rings. The summed E-state index contributed by atoms with van der Waals surface area (Å²) < 4.78 is 41.6. The number of hydrogen-bond donors (Lipinski definition) is 1. The van der Waals surface area contributed by atoms with Gasteiger partial charge in [0, 0.05) is 37.3 Å². The van der Waals surface area contributed by atoms with Gasteiger partial charge in [-0.2, -0.15) is 17.0 Å². The first-order valence-corrected chi connectivity index (χ1v) is 8.81. The van der Waals surface area contributed by atoms with E-state index >= 15 is 0 Å². The van der Waals surface area contributed by atoms with Crippen LogP contribution in [0.2, 0.25) is 5.02 Å². The van der Waals surface area contributed by atoms with Crippen LogP contribution in [0.1, 0.15) is 18.9 Å². The Balaban J connectivity index is 2.17. The maximum absolute atomic E-state index is 13.8. The van der Waals surface area contributed by atoms with Crippen LogP contribution in [0.25, 0.3) is 0 Å². The SMILES string of the molecule is CN(Cc1c(F)cccc1Cl)S(=O)(=O)N1CCC(C)(CN)C1. The van der Waals surface area contributed by atoms with Crippen molar-refractivity contribution in [2.45, 2.75) is 19.9 Å². The molecule has 0 aromatic heterocycles. The van der Waals surface area contributed by atoms with E-state index in [0.717, 1.165) is 10.7 Å². The maximum Gasteiger partial charge on any atom is 0.282 e. The molecule has 0 amide bonds. The van der Waals surface area contributed by atoms with E-state index in [9.17, 15) is 12.8 Å². The summed E-state index contributed by atoms with van der Waals surface area (Å²) in [6.45, 7) is 3.09. The van der Waals surface area contributed by atoms with Crippen molar-refractivity contribution in [3.05, 3.63) is 34.6 Å². The highest BCUT2D eigenvalue weighted by Gasteiger charge is 2.40. The van der Waals surface area contributed by atoms with Crippen molar-refractivity contribution in [1.82, 2.24) is 8.61 Å². The summed E-state index contributed by atoms with van der Waals surface area (Å²) in [5.74, 6) is -0.511. The minimum atomic E-state index is -3.67. The van der Waals surface area contributed by atoms with Gasteiger partial charge in [0.25, 0.3) is 10.2 Å². The van der Waals surface area contributed by atoms with E-state index in [2.05, 4.69) is 0 Å². The zero-order valence-corrected chi connectivity index (χ0v) is 14.3. The summed E-state index contributed by atoms with van der Waals surface area (Å²) in [6.07, 6.45) is 0.719. The highest BCUT2D eigenvalue weighted by Crippen LogP contribution is 2.31. The number of benzene rings is 1. The van der Waals surface area contributed by atoms with Crippen LogP contribution in [-0.4, -0.2) is 43.7 Å². The number of hydrogen-bond acceptors (Lipinski definition) is 3. The molecule has 5 nitrogen and oxygen atoms in total. The summed E-state index contributed by atoms with van der Waals surface area (Å²) >= 11 is 5.96. The molecule has 0 spiro atoms. The Labute approximate surface area is 136 Å². The predicted octanol–water partition coefficient (Wildman–Crippen LogP) is 1.83. The molecular formula is C14H21ClFN3O2S. The van der Waals surface area contributed by atoms with Gasteiger partial charge in [0.15, 0.2) is 0 Å². The average molecular weight is 350 g/mol. The smallest absolute Gasteiger partial charge is 0.282 e. The Morgan fingerprint density at radius 1 is 1.50 bits per heavy atom. The van der Waals surface area contributed by atoms with Crippen LogP contribution in [0.5, 0.6) is 0 Å². The van der Waals surface area contributed by atoms with E-state index in [4.69, 9.17) is 17.3 Å². The Morgan fingerprint density at radius 3 is 2.73 bits per heavy atom. The van der Waals surface area contributed by atoms with Gasteiger partial charge in [-0.25, -0.2) is 4.39 Å². The standard InChI is InChI=1S/C14H21ClFN3O2S/c1-14(9-17)6-7-19(10-14)22(20,21)18(2)8-11-12(15)4-3-5-13(11)16/h3-5H,6-10,17H2,1-2H3. The second kappa shape index (κ2) is 6.41. The fourth-order valence-corrected chi connectivity index (χ4v) is 4.23. The minimum absolute atomic E-state index is 0.107. The first-order chi connectivity index (χ1) is 10.2. The van der Waals surface area contributed by atoms with Gasteiger partial charge in [-0.3, -0.25) is 0 Å². The third-order valence-corrected chi connectivity index (χ3v) is 6.41. The van der Waals surface area contributed by atoms with Gasteiger partial charge in [0.1, 0.15) is 5.82 Å². The number of nitrogens with zero attached hydrogens (tertiary/aromatic N) is 2. The molecule has 1 heterocycles. The highest BCUT2D eigenvalue weighted by atomic mass is 35.5. The number of halogens is 2. The monoisotopic (exact) mass is 349 g/mol. The van der Waals surface area contributed by atoms with Crippen molar-refractivity contribution in [2.24, 2.45) is 11.1 Å². The third-order valence-electron chi connectivity index (χ3n) is 4.18. The Kier molecular flexibility index (Phi) is 5.13. The van der Waals surface area contributed by atoms with Crippen LogP contribution in [0.15, 0.2) is 18.2 Å². The Bertz CT molecular complexity index is 635. The van der Waals surface area contributed by atoms with Crippen LogP contribution >= 0.6 is 11.6 Å². The zero-order valence-electron chi connectivity index (χ0n) is 12.7. The van der Waals surface area contributed by atoms with Crippen molar-refractivity contribution in [1.29, 1.82) is 0 Å². The lowest BCUT2D eigenvalue weighted by Gasteiger charge is -2.26. The van der Waals surface area contributed by atoms with E-state index < -0.39 is 16.0 Å². The molecule has 1 saturated heterocycles. The van der Waals surface area contributed by atoms with Crippen molar-refractivity contribution in [2.75, 3.05) is 26.7 Å². The molecule has 1 aliphatic heterocycles. The molecule has 2 N–H and O–H groups in total. The maximum atomic E-state index is 13.8. The largest absolute Gasteiger partial charge is 0.330 e. The van der Waals surface area contributed by atoms with E-state index in [1.165, 1.54) is 23.5 Å². The van der Waals surface area contributed by atoms with Crippen LogP contribution in [0, 0.1) is 11.2 Å². The molecule has 8 heteroatoms. The molecule has 1 aliphatic rings. The first kappa shape index (κ1) is 17.6. The predicted molar refractivity (Wildman–Crippen MR) is 85.1 cm³/mol. The van der Waals surface area contributed by atoms with Crippen LogP contribution in [0.3, 0.4) is 0 Å². The minimum Gasteiger partial charge on any atom is -0.330 e. The third kappa shape index (κ3) is 3.44. The van der Waals surface area contributed by atoms with Crippen LogP contribution < -0.4 is 5.73 Å². The molecule has 0 saturated carbocycles. The van der Waals surface area contributed by atoms with Crippen LogP contribution in [0.4, 0.5) is 4.39 Å². The molecule has 0 aliphatic carbocycles. The summed E-state index contributed by atoms with van der Waals surface area (Å²) in [6, 6.07) is 4.30. The molecule has 0 radical (unpaired) electrons. The van der Waals surface area contributed by atoms with Gasteiger partial charge in [-0.05, 0) is 30.5 Å². The summed E-state index contributed by atoms with van der Waals surface area (Å²) in [7, 11) is -2.24. The number of rotatable bonds is 5. The summed E-state index contributed by atoms with van der Waals surface area (Å²) in [5.41, 5.74) is 5.68. The van der Waals surface area contributed by atoms with E-state index in [1.54, 1.807) is 6.07 Å². The fraction of sp³-hybridized carbons (Fsp3) is 0.571. The lowest BCUT2D eigenvalue weighted by molar-refractivity contribution is 0.333. The lowest BCUT2D eigenvalue weighted by Crippen LogP contribution is -2.42. The molecule has 0 bridgehead atoms. The van der Waals surface area contributed by atoms with Gasteiger partial charge in [0.05, 0.1) is 0 Å². The van der Waals surface area contributed by atoms with Crippen molar-refractivity contribution >= 4 is 21.8 Å². The van der Waals surface area contributed by atoms with Gasteiger partial charge < -0.3 is 5.73 Å². The fourth-order valence-electron chi connectivity index (χ4n) is 2.53. The summed E-state index contributed by atoms with van der Waals surface area (Å²) in [4.78, 5) is 0. The van der Waals surface area contributed by atoms with Crippen molar-refractivity contribution in [3.63, 3.8) is 0 Å². The molecule has 1 fully saturated rings. The van der Waals surface area contributed by atoms with Gasteiger partial charge >= 0.3 is 0 Å². The molecule has 22 heavy (non-hydrogen) atoms. The zero-order chi connectivity index (χ0) is 16.5. The van der Waals surface area contributed by atoms with Crippen LogP contribution in [-0.2, 0) is 16.8 Å². The molecular weight excluding hydrogens is 329 g/mol. The molecule has 1 atom stereocenters. The molecule has 1 unspecified atom stereocenters. The van der Waals surface area contributed by atoms with E-state index in [1.807, 2.05) is 6.92 Å². The van der Waals surface area contributed by atoms with E-state index in [0.29, 0.717) is 19.6 Å². The second-order valence-electron chi connectivity index (χ2n) is 6.06. The molecule has 124 valence electrons. The highest BCUT2D eigenvalue weighted by molar-refractivity contribution is 7.86. The Morgan fingerprint density at radius 2 is 2.18 bits per heavy atom. The van der Waals surface area contributed by atoms with Crippen molar-refractivity contribution in [3.8, 4) is 0 Å². The van der Waals surface area contributed by atoms with Crippen molar-refractivity contribution < 1.29 is 12.8 Å². The normalized spacial score (nSPS) is 23.4. The number of nitrogens with two attached hydrogens (primary N) is 1. The van der Waals surface area contributed by atoms with Gasteiger partial charge in [-0.1, -0.05) is 24.6 Å².